The average Bonchev–Trinajstić information content (AvgIpc) is 2.63. The van der Waals surface area contributed by atoms with Gasteiger partial charge in [0.2, 0.25) is 0 Å². The molecule has 0 aliphatic carbocycles. The molecular weight excluding hydrogens is 321 g/mol. The molecule has 5 heteroatoms. The normalized spacial score (nSPS) is 10.3. The maximum absolute atomic E-state index is 14.1. The molecule has 0 unspecified atom stereocenters. The van der Waals surface area contributed by atoms with Crippen molar-refractivity contribution in [3.05, 3.63) is 78.1 Å². The van der Waals surface area contributed by atoms with E-state index in [0.29, 0.717) is 22.5 Å². The van der Waals surface area contributed by atoms with Crippen LogP contribution in [0.4, 0.5) is 15.8 Å². The van der Waals surface area contributed by atoms with E-state index in [1.165, 1.54) is 13.2 Å². The van der Waals surface area contributed by atoms with Gasteiger partial charge in [-0.2, -0.15) is 0 Å². The maximum Gasteiger partial charge on any atom is 0.337 e. The van der Waals surface area contributed by atoms with Gasteiger partial charge in [-0.05, 0) is 42.0 Å². The number of methoxy groups -OCH3 is 1. The molecule has 0 amide bonds. The van der Waals surface area contributed by atoms with Crippen molar-refractivity contribution in [2.75, 3.05) is 12.4 Å². The second-order valence-electron chi connectivity index (χ2n) is 5.41. The molecule has 0 saturated heterocycles. The summed E-state index contributed by atoms with van der Waals surface area (Å²) in [6.07, 6.45) is 0. The van der Waals surface area contributed by atoms with E-state index in [9.17, 15) is 14.3 Å². The van der Waals surface area contributed by atoms with Crippen LogP contribution in [-0.2, 0) is 4.74 Å². The summed E-state index contributed by atoms with van der Waals surface area (Å²) in [4.78, 5) is 12.0. The molecule has 0 fully saturated rings. The first-order chi connectivity index (χ1) is 12.1. The molecule has 3 aromatic carbocycles. The number of benzene rings is 3. The third kappa shape index (κ3) is 3.61. The number of nitrogens with one attached hydrogen (secondary N) is 1. The topological polar surface area (TPSA) is 58.6 Å². The number of phenols is 1. The lowest BCUT2D eigenvalue weighted by atomic mass is 10.0. The Bertz CT molecular complexity index is 924. The van der Waals surface area contributed by atoms with E-state index in [-0.39, 0.29) is 11.3 Å². The van der Waals surface area contributed by atoms with Gasteiger partial charge in [0.15, 0.2) is 0 Å². The van der Waals surface area contributed by atoms with Crippen molar-refractivity contribution in [1.29, 1.82) is 0 Å². The van der Waals surface area contributed by atoms with Gasteiger partial charge in [-0.15, -0.1) is 0 Å². The van der Waals surface area contributed by atoms with Crippen LogP contribution in [0.25, 0.3) is 11.1 Å². The van der Waals surface area contributed by atoms with Gasteiger partial charge < -0.3 is 15.2 Å². The van der Waals surface area contributed by atoms with Crippen molar-refractivity contribution in [3.8, 4) is 16.9 Å². The fourth-order valence-electron chi connectivity index (χ4n) is 2.52. The Kier molecular flexibility index (Phi) is 4.66. The van der Waals surface area contributed by atoms with Crippen LogP contribution in [0.2, 0.25) is 0 Å². The van der Waals surface area contributed by atoms with Gasteiger partial charge >= 0.3 is 5.97 Å². The Morgan fingerprint density at radius 3 is 2.48 bits per heavy atom. The molecule has 0 saturated carbocycles. The lowest BCUT2D eigenvalue weighted by molar-refractivity contribution is 0.0601. The van der Waals surface area contributed by atoms with E-state index in [1.54, 1.807) is 60.7 Å². The molecule has 126 valence electrons. The van der Waals surface area contributed by atoms with Gasteiger partial charge in [-0.1, -0.05) is 30.3 Å². The first-order valence-electron chi connectivity index (χ1n) is 7.62. The van der Waals surface area contributed by atoms with Crippen molar-refractivity contribution in [2.45, 2.75) is 0 Å². The first-order valence-corrected chi connectivity index (χ1v) is 7.62. The summed E-state index contributed by atoms with van der Waals surface area (Å²) in [5, 5.41) is 13.0. The summed E-state index contributed by atoms with van der Waals surface area (Å²) in [6.45, 7) is 0. The van der Waals surface area contributed by atoms with E-state index in [2.05, 4.69) is 5.32 Å². The Labute approximate surface area is 144 Å². The van der Waals surface area contributed by atoms with Crippen molar-refractivity contribution in [1.82, 2.24) is 0 Å². The summed E-state index contributed by atoms with van der Waals surface area (Å²) in [5.74, 6) is -0.852. The SMILES string of the molecule is COC(=O)c1cc(Nc2ccccc2O)cc(-c2ccccc2F)c1. The third-order valence-electron chi connectivity index (χ3n) is 3.72. The molecule has 0 aromatic heterocycles. The molecule has 0 atom stereocenters. The molecule has 2 N–H and O–H groups in total. The van der Waals surface area contributed by atoms with E-state index >= 15 is 0 Å². The average molecular weight is 337 g/mol. The smallest absolute Gasteiger partial charge is 0.337 e. The number of para-hydroxylation sites is 2. The molecule has 25 heavy (non-hydrogen) atoms. The number of hydrogen-bond donors (Lipinski definition) is 2. The number of aromatic hydroxyl groups is 1. The van der Waals surface area contributed by atoms with Crippen LogP contribution in [0, 0.1) is 5.82 Å². The third-order valence-corrected chi connectivity index (χ3v) is 3.72. The standard InChI is InChI=1S/C20H16FNO3/c1-25-20(24)14-10-13(16-6-2-3-7-17(16)21)11-15(12-14)22-18-8-4-5-9-19(18)23/h2-12,22-23H,1H3. The van der Waals surface area contributed by atoms with Crippen molar-refractivity contribution in [3.63, 3.8) is 0 Å². The molecule has 0 aliphatic rings. The molecule has 0 heterocycles. The minimum atomic E-state index is -0.529. The highest BCUT2D eigenvalue weighted by molar-refractivity contribution is 5.93. The number of rotatable bonds is 4. The van der Waals surface area contributed by atoms with E-state index in [4.69, 9.17) is 4.74 Å². The lowest BCUT2D eigenvalue weighted by Gasteiger charge is -2.12. The zero-order chi connectivity index (χ0) is 17.8. The highest BCUT2D eigenvalue weighted by Crippen LogP contribution is 2.31. The monoisotopic (exact) mass is 337 g/mol. The largest absolute Gasteiger partial charge is 0.506 e. The molecule has 0 spiro atoms. The van der Waals surface area contributed by atoms with Gasteiger partial charge in [0.1, 0.15) is 11.6 Å². The summed E-state index contributed by atoms with van der Waals surface area (Å²) in [7, 11) is 1.29. The zero-order valence-corrected chi connectivity index (χ0v) is 13.5. The molecule has 0 radical (unpaired) electrons. The Morgan fingerprint density at radius 1 is 1.04 bits per heavy atom. The maximum atomic E-state index is 14.1. The van der Waals surface area contributed by atoms with Gasteiger partial charge in [-0.25, -0.2) is 9.18 Å². The minimum absolute atomic E-state index is 0.0680. The fourth-order valence-corrected chi connectivity index (χ4v) is 2.52. The summed E-state index contributed by atoms with van der Waals surface area (Å²) in [6, 6.07) is 17.9. The van der Waals surface area contributed by atoms with Gasteiger partial charge in [0.05, 0.1) is 18.4 Å². The van der Waals surface area contributed by atoms with Crippen molar-refractivity contribution < 1.29 is 19.0 Å². The second kappa shape index (κ2) is 7.05. The van der Waals surface area contributed by atoms with Crippen LogP contribution in [0.5, 0.6) is 5.75 Å². The highest BCUT2D eigenvalue weighted by atomic mass is 19.1. The Balaban J connectivity index is 2.09. The Morgan fingerprint density at radius 2 is 1.76 bits per heavy atom. The van der Waals surface area contributed by atoms with Crippen LogP contribution >= 0.6 is 0 Å². The van der Waals surface area contributed by atoms with E-state index in [0.717, 1.165) is 0 Å². The van der Waals surface area contributed by atoms with Crippen LogP contribution in [0.3, 0.4) is 0 Å². The van der Waals surface area contributed by atoms with Gasteiger partial charge in [0.25, 0.3) is 0 Å². The minimum Gasteiger partial charge on any atom is -0.506 e. The summed E-state index contributed by atoms with van der Waals surface area (Å²) < 4.78 is 18.9. The number of anilines is 2. The number of esters is 1. The predicted molar refractivity (Wildman–Crippen MR) is 94.6 cm³/mol. The second-order valence-corrected chi connectivity index (χ2v) is 5.41. The van der Waals surface area contributed by atoms with Gasteiger partial charge in [-0.3, -0.25) is 0 Å². The Hall–Kier alpha value is -3.34. The van der Waals surface area contributed by atoms with Crippen molar-refractivity contribution >= 4 is 17.3 Å². The quantitative estimate of drug-likeness (QED) is 0.534. The van der Waals surface area contributed by atoms with Crippen LogP contribution in [0.15, 0.2) is 66.7 Å². The molecule has 3 rings (SSSR count). The molecule has 0 bridgehead atoms. The first kappa shape index (κ1) is 16.5. The number of ether oxygens (including phenoxy) is 1. The predicted octanol–water partition coefficient (Wildman–Crippen LogP) is 4.73. The fraction of sp³-hybridized carbons (Fsp3) is 0.0500. The number of carbonyl (C=O) groups is 1. The van der Waals surface area contributed by atoms with Crippen LogP contribution < -0.4 is 5.32 Å². The summed E-state index contributed by atoms with van der Waals surface area (Å²) >= 11 is 0. The lowest BCUT2D eigenvalue weighted by Crippen LogP contribution is -2.03. The van der Waals surface area contributed by atoms with E-state index < -0.39 is 11.8 Å². The summed E-state index contributed by atoms with van der Waals surface area (Å²) in [5.41, 5.74) is 2.18. The van der Waals surface area contributed by atoms with Gasteiger partial charge in [0, 0.05) is 11.3 Å². The number of carbonyl (C=O) groups excluding carboxylic acids is 1. The molecular formula is C20H16FNO3. The van der Waals surface area contributed by atoms with Crippen LogP contribution in [-0.4, -0.2) is 18.2 Å². The zero-order valence-electron chi connectivity index (χ0n) is 13.5. The van der Waals surface area contributed by atoms with Crippen molar-refractivity contribution in [2.24, 2.45) is 0 Å². The molecule has 0 aliphatic heterocycles. The molecule has 4 nitrogen and oxygen atoms in total. The highest BCUT2D eigenvalue weighted by Gasteiger charge is 2.13. The molecule has 3 aromatic rings. The van der Waals surface area contributed by atoms with E-state index in [1.807, 2.05) is 0 Å². The number of hydrogen-bond acceptors (Lipinski definition) is 4. The number of halogens is 1. The number of phenolic OH excluding ortho intramolecular Hbond substituents is 1. The van der Waals surface area contributed by atoms with Crippen LogP contribution in [0.1, 0.15) is 10.4 Å².